The summed E-state index contributed by atoms with van der Waals surface area (Å²) in [7, 11) is 0. The number of pyridine rings is 1. The largest absolute Gasteiger partial charge is 0.573 e. The normalized spacial score (nSPS) is 14.5. The molecule has 8 heteroatoms. The lowest BCUT2D eigenvalue weighted by Crippen LogP contribution is -2.30. The second-order valence-corrected chi connectivity index (χ2v) is 4.53. The van der Waals surface area contributed by atoms with Crippen molar-refractivity contribution in [2.75, 3.05) is 11.9 Å². The first-order valence-corrected chi connectivity index (χ1v) is 5.98. The summed E-state index contributed by atoms with van der Waals surface area (Å²) in [5, 5.41) is 13.0. The molecule has 2 aromatic heterocycles. The Bertz CT molecular complexity index is 565. The highest BCUT2D eigenvalue weighted by Gasteiger charge is 2.31. The SMILES string of the molecule is CC(O)(CNc1ccc(OC(F)(F)F)cn1)c1ccco1. The van der Waals surface area contributed by atoms with E-state index in [0.717, 1.165) is 12.3 Å². The zero-order chi connectivity index (χ0) is 15.5. The molecule has 0 aliphatic carbocycles. The lowest BCUT2D eigenvalue weighted by molar-refractivity contribution is -0.274. The van der Waals surface area contributed by atoms with E-state index in [9.17, 15) is 18.3 Å². The summed E-state index contributed by atoms with van der Waals surface area (Å²) in [6.07, 6.45) is -2.37. The smallest absolute Gasteiger partial charge is 0.466 e. The molecule has 2 aromatic rings. The molecule has 114 valence electrons. The second-order valence-electron chi connectivity index (χ2n) is 4.53. The first-order valence-electron chi connectivity index (χ1n) is 5.98. The van der Waals surface area contributed by atoms with Crippen molar-refractivity contribution in [3.05, 3.63) is 42.5 Å². The molecular formula is C13H13F3N2O3. The lowest BCUT2D eigenvalue weighted by Gasteiger charge is -2.21. The number of aliphatic hydroxyl groups is 1. The van der Waals surface area contributed by atoms with Crippen molar-refractivity contribution < 1.29 is 27.4 Å². The molecule has 5 nitrogen and oxygen atoms in total. The van der Waals surface area contributed by atoms with Crippen LogP contribution in [0.3, 0.4) is 0 Å². The van der Waals surface area contributed by atoms with Crippen molar-refractivity contribution in [1.29, 1.82) is 0 Å². The fourth-order valence-corrected chi connectivity index (χ4v) is 1.61. The van der Waals surface area contributed by atoms with Crippen LogP contribution in [0.1, 0.15) is 12.7 Å². The Balaban J connectivity index is 1.95. The van der Waals surface area contributed by atoms with Gasteiger partial charge in [0.05, 0.1) is 19.0 Å². The summed E-state index contributed by atoms with van der Waals surface area (Å²) >= 11 is 0. The molecule has 0 bridgehead atoms. The number of alkyl halides is 3. The number of aromatic nitrogens is 1. The zero-order valence-corrected chi connectivity index (χ0v) is 11.0. The topological polar surface area (TPSA) is 67.5 Å². The summed E-state index contributed by atoms with van der Waals surface area (Å²) in [6, 6.07) is 5.71. The number of nitrogens with one attached hydrogen (secondary N) is 1. The van der Waals surface area contributed by atoms with Crippen LogP contribution >= 0.6 is 0 Å². The van der Waals surface area contributed by atoms with Crippen LogP contribution in [0.2, 0.25) is 0 Å². The van der Waals surface area contributed by atoms with Crippen molar-refractivity contribution >= 4 is 5.82 Å². The minimum absolute atomic E-state index is 0.0764. The van der Waals surface area contributed by atoms with Crippen molar-refractivity contribution in [3.63, 3.8) is 0 Å². The van der Waals surface area contributed by atoms with E-state index in [1.165, 1.54) is 12.3 Å². The van der Waals surface area contributed by atoms with Crippen molar-refractivity contribution in [2.45, 2.75) is 18.9 Å². The third-order valence-electron chi connectivity index (χ3n) is 2.64. The third-order valence-corrected chi connectivity index (χ3v) is 2.64. The molecule has 2 N–H and O–H groups in total. The number of nitrogens with zero attached hydrogens (tertiary/aromatic N) is 1. The number of furan rings is 1. The van der Waals surface area contributed by atoms with E-state index in [0.29, 0.717) is 11.6 Å². The van der Waals surface area contributed by atoms with E-state index < -0.39 is 17.7 Å². The van der Waals surface area contributed by atoms with Gasteiger partial charge in [0.15, 0.2) is 0 Å². The van der Waals surface area contributed by atoms with Gasteiger partial charge in [-0.1, -0.05) is 0 Å². The van der Waals surface area contributed by atoms with Crippen LogP contribution in [-0.2, 0) is 5.60 Å². The highest BCUT2D eigenvalue weighted by Crippen LogP contribution is 2.24. The Morgan fingerprint density at radius 3 is 2.62 bits per heavy atom. The molecule has 21 heavy (non-hydrogen) atoms. The van der Waals surface area contributed by atoms with Crippen LogP contribution in [0.15, 0.2) is 41.1 Å². The van der Waals surface area contributed by atoms with Gasteiger partial charge in [0.25, 0.3) is 0 Å². The first-order chi connectivity index (χ1) is 9.76. The van der Waals surface area contributed by atoms with Crippen LogP contribution < -0.4 is 10.1 Å². The highest BCUT2D eigenvalue weighted by atomic mass is 19.4. The molecule has 1 atom stereocenters. The van der Waals surface area contributed by atoms with Crippen LogP contribution in [0.25, 0.3) is 0 Å². The summed E-state index contributed by atoms with van der Waals surface area (Å²) in [5.41, 5.74) is -1.27. The molecule has 0 aliphatic heterocycles. The van der Waals surface area contributed by atoms with Crippen LogP contribution in [0.4, 0.5) is 19.0 Å². The van der Waals surface area contributed by atoms with Gasteiger partial charge in [-0.05, 0) is 31.2 Å². The summed E-state index contributed by atoms with van der Waals surface area (Å²) in [4.78, 5) is 3.77. The van der Waals surface area contributed by atoms with E-state index in [4.69, 9.17) is 4.42 Å². The summed E-state index contributed by atoms with van der Waals surface area (Å²) < 4.78 is 44.8. The molecule has 1 unspecified atom stereocenters. The molecule has 0 radical (unpaired) electrons. The average Bonchev–Trinajstić information content (AvgIpc) is 2.91. The highest BCUT2D eigenvalue weighted by molar-refractivity contribution is 5.38. The predicted molar refractivity (Wildman–Crippen MR) is 67.7 cm³/mol. The monoisotopic (exact) mass is 302 g/mol. The van der Waals surface area contributed by atoms with E-state index in [-0.39, 0.29) is 6.54 Å². The van der Waals surface area contributed by atoms with E-state index in [1.807, 2.05) is 0 Å². The Labute approximate surface area is 118 Å². The maximum Gasteiger partial charge on any atom is 0.573 e. The van der Waals surface area contributed by atoms with Crippen LogP contribution in [0, 0.1) is 0 Å². The Kier molecular flexibility index (Phi) is 4.08. The minimum Gasteiger partial charge on any atom is -0.466 e. The Hall–Kier alpha value is -2.22. The van der Waals surface area contributed by atoms with Gasteiger partial charge in [-0.3, -0.25) is 0 Å². The zero-order valence-electron chi connectivity index (χ0n) is 11.0. The van der Waals surface area contributed by atoms with E-state index in [1.54, 1.807) is 19.1 Å². The quantitative estimate of drug-likeness (QED) is 0.889. The number of ether oxygens (including phenoxy) is 1. The van der Waals surface area contributed by atoms with Crippen molar-refractivity contribution in [2.24, 2.45) is 0 Å². The fourth-order valence-electron chi connectivity index (χ4n) is 1.61. The number of hydrogen-bond acceptors (Lipinski definition) is 5. The molecule has 0 amide bonds. The Morgan fingerprint density at radius 1 is 1.33 bits per heavy atom. The molecule has 2 rings (SSSR count). The minimum atomic E-state index is -4.75. The van der Waals surface area contributed by atoms with E-state index in [2.05, 4.69) is 15.0 Å². The van der Waals surface area contributed by atoms with Crippen molar-refractivity contribution in [1.82, 2.24) is 4.98 Å². The standard InChI is InChI=1S/C13H13F3N2O3/c1-12(19,10-3-2-6-20-10)8-18-11-5-4-9(7-17-11)21-13(14,15)16/h2-7,19H,8H2,1H3,(H,17,18). The third kappa shape index (κ3) is 4.38. The molecule has 0 aromatic carbocycles. The van der Waals surface area contributed by atoms with Gasteiger partial charge < -0.3 is 19.6 Å². The lowest BCUT2D eigenvalue weighted by atomic mass is 10.0. The molecular weight excluding hydrogens is 289 g/mol. The van der Waals surface area contributed by atoms with Crippen LogP contribution in [-0.4, -0.2) is 23.0 Å². The Morgan fingerprint density at radius 2 is 2.10 bits per heavy atom. The summed E-state index contributed by atoms with van der Waals surface area (Å²) in [6.45, 7) is 1.62. The second kappa shape index (κ2) is 5.65. The molecule has 0 spiro atoms. The number of anilines is 1. The maximum atomic E-state index is 12.0. The number of halogens is 3. The summed E-state index contributed by atoms with van der Waals surface area (Å²) in [5.74, 6) is 0.259. The average molecular weight is 302 g/mol. The van der Waals surface area contributed by atoms with Gasteiger partial charge in [0.1, 0.15) is 22.9 Å². The van der Waals surface area contributed by atoms with Gasteiger partial charge in [-0.15, -0.1) is 13.2 Å². The number of rotatable bonds is 5. The maximum absolute atomic E-state index is 12.0. The molecule has 0 aliphatic rings. The van der Waals surface area contributed by atoms with Gasteiger partial charge in [-0.25, -0.2) is 4.98 Å². The van der Waals surface area contributed by atoms with Gasteiger partial charge >= 0.3 is 6.36 Å². The first kappa shape index (κ1) is 15.2. The fraction of sp³-hybridized carbons (Fsp3) is 0.308. The molecule has 2 heterocycles. The predicted octanol–water partition coefficient (Wildman–Crippen LogP) is 2.89. The molecule has 0 saturated carbocycles. The van der Waals surface area contributed by atoms with Gasteiger partial charge in [0.2, 0.25) is 0 Å². The van der Waals surface area contributed by atoms with E-state index >= 15 is 0 Å². The van der Waals surface area contributed by atoms with Crippen LogP contribution in [0.5, 0.6) is 5.75 Å². The van der Waals surface area contributed by atoms with Crippen molar-refractivity contribution in [3.8, 4) is 5.75 Å². The van der Waals surface area contributed by atoms with Gasteiger partial charge in [-0.2, -0.15) is 0 Å². The number of hydrogen-bond donors (Lipinski definition) is 2. The molecule has 0 saturated heterocycles. The molecule has 0 fully saturated rings. The van der Waals surface area contributed by atoms with Gasteiger partial charge in [0, 0.05) is 0 Å².